The molecule has 0 amide bonds. The van der Waals surface area contributed by atoms with Crippen molar-refractivity contribution in [3.05, 3.63) is 29.3 Å². The van der Waals surface area contributed by atoms with Crippen LogP contribution in [0, 0.1) is 18.3 Å². The zero-order valence-electron chi connectivity index (χ0n) is 10.0. The number of sulfonamides is 1. The molecule has 0 radical (unpaired) electrons. The second-order valence-electron chi connectivity index (χ2n) is 4.27. The largest absolute Gasteiger partial charge is 0.380 e. The van der Waals surface area contributed by atoms with E-state index in [1.807, 2.05) is 6.07 Å². The fraction of sp³-hybridized carbons (Fsp3) is 0.417. The van der Waals surface area contributed by atoms with E-state index in [0.29, 0.717) is 30.8 Å². The molecule has 0 spiro atoms. The van der Waals surface area contributed by atoms with Crippen LogP contribution in [0.1, 0.15) is 17.5 Å². The van der Waals surface area contributed by atoms with Gasteiger partial charge in [-0.3, -0.25) is 0 Å². The van der Waals surface area contributed by atoms with Crippen LogP contribution in [-0.2, 0) is 14.8 Å². The van der Waals surface area contributed by atoms with Crippen LogP contribution in [0.3, 0.4) is 0 Å². The molecule has 1 saturated heterocycles. The van der Waals surface area contributed by atoms with Gasteiger partial charge in [-0.15, -0.1) is 0 Å². The number of rotatable bonds is 3. The summed E-state index contributed by atoms with van der Waals surface area (Å²) < 4.78 is 31.9. The summed E-state index contributed by atoms with van der Waals surface area (Å²) >= 11 is 0. The Balaban J connectivity index is 2.24. The molecule has 0 aliphatic carbocycles. The molecule has 1 unspecified atom stereocenters. The van der Waals surface area contributed by atoms with Crippen LogP contribution in [0.2, 0.25) is 0 Å². The number of benzene rings is 1. The summed E-state index contributed by atoms with van der Waals surface area (Å²) in [6, 6.07) is 6.33. The summed E-state index contributed by atoms with van der Waals surface area (Å²) in [4.78, 5) is 0.186. The lowest BCUT2D eigenvalue weighted by Gasteiger charge is -2.12. The van der Waals surface area contributed by atoms with Gasteiger partial charge >= 0.3 is 0 Å². The van der Waals surface area contributed by atoms with Crippen molar-refractivity contribution in [2.24, 2.45) is 0 Å². The smallest absolute Gasteiger partial charge is 0.240 e. The molecule has 1 N–H and O–H groups in total. The van der Waals surface area contributed by atoms with E-state index in [1.54, 1.807) is 6.92 Å². The first-order valence-corrected chi connectivity index (χ1v) is 7.12. The lowest BCUT2D eigenvalue weighted by atomic mass is 10.1. The Morgan fingerprint density at radius 1 is 1.50 bits per heavy atom. The van der Waals surface area contributed by atoms with Crippen molar-refractivity contribution in [3.63, 3.8) is 0 Å². The quantitative estimate of drug-likeness (QED) is 0.882. The van der Waals surface area contributed by atoms with Crippen molar-refractivity contribution in [2.75, 3.05) is 13.2 Å². The van der Waals surface area contributed by atoms with Gasteiger partial charge in [-0.1, -0.05) is 0 Å². The standard InChI is InChI=1S/C12H14N2O3S/c1-9-6-12(3-2-10(9)7-13)18(15,16)14-11-4-5-17-8-11/h2-3,6,11,14H,4-5,8H2,1H3. The predicted molar refractivity (Wildman–Crippen MR) is 65.4 cm³/mol. The number of ether oxygens (including phenoxy) is 1. The fourth-order valence-electron chi connectivity index (χ4n) is 1.84. The number of nitriles is 1. The minimum absolute atomic E-state index is 0.161. The first kappa shape index (κ1) is 13.0. The monoisotopic (exact) mass is 266 g/mol. The second kappa shape index (κ2) is 5.06. The molecule has 1 aliphatic heterocycles. The maximum absolute atomic E-state index is 12.1. The normalized spacial score (nSPS) is 19.7. The van der Waals surface area contributed by atoms with Gasteiger partial charge in [0.2, 0.25) is 10.0 Å². The van der Waals surface area contributed by atoms with Crippen molar-refractivity contribution in [3.8, 4) is 6.07 Å². The minimum atomic E-state index is -3.53. The van der Waals surface area contributed by atoms with E-state index < -0.39 is 10.0 Å². The molecule has 0 aromatic heterocycles. The van der Waals surface area contributed by atoms with Crippen LogP contribution in [0.25, 0.3) is 0 Å². The highest BCUT2D eigenvalue weighted by atomic mass is 32.2. The van der Waals surface area contributed by atoms with Crippen LogP contribution >= 0.6 is 0 Å². The molecule has 1 aromatic rings. The zero-order valence-corrected chi connectivity index (χ0v) is 10.8. The van der Waals surface area contributed by atoms with Crippen LogP contribution < -0.4 is 4.72 Å². The maximum atomic E-state index is 12.1. The van der Waals surface area contributed by atoms with Gasteiger partial charge in [0, 0.05) is 12.6 Å². The summed E-state index contributed by atoms with van der Waals surface area (Å²) in [5.74, 6) is 0. The van der Waals surface area contributed by atoms with Gasteiger partial charge in [0.1, 0.15) is 0 Å². The molecule has 96 valence electrons. The second-order valence-corrected chi connectivity index (χ2v) is 5.98. The van der Waals surface area contributed by atoms with Gasteiger partial charge in [0.05, 0.1) is 23.1 Å². The van der Waals surface area contributed by atoms with Crippen molar-refractivity contribution in [1.29, 1.82) is 5.26 Å². The van der Waals surface area contributed by atoms with Crippen molar-refractivity contribution in [1.82, 2.24) is 4.72 Å². The van der Waals surface area contributed by atoms with Crippen LogP contribution in [0.5, 0.6) is 0 Å². The number of aryl methyl sites for hydroxylation is 1. The number of nitrogens with one attached hydrogen (secondary N) is 1. The molecule has 1 heterocycles. The Morgan fingerprint density at radius 3 is 2.83 bits per heavy atom. The highest BCUT2D eigenvalue weighted by Gasteiger charge is 2.23. The van der Waals surface area contributed by atoms with Gasteiger partial charge in [-0.2, -0.15) is 5.26 Å². The summed E-state index contributed by atoms with van der Waals surface area (Å²) in [6.07, 6.45) is 0.689. The summed E-state index contributed by atoms with van der Waals surface area (Å²) in [5.41, 5.74) is 1.14. The molecule has 5 nitrogen and oxygen atoms in total. The SMILES string of the molecule is Cc1cc(S(=O)(=O)NC2CCOC2)ccc1C#N. The molecular formula is C12H14N2O3S. The summed E-state index contributed by atoms with van der Waals surface area (Å²) in [7, 11) is -3.53. The average molecular weight is 266 g/mol. The van der Waals surface area contributed by atoms with E-state index >= 15 is 0 Å². The van der Waals surface area contributed by atoms with E-state index in [-0.39, 0.29) is 10.9 Å². The number of hydrogen-bond acceptors (Lipinski definition) is 4. The molecule has 1 aliphatic rings. The third-order valence-electron chi connectivity index (χ3n) is 2.88. The van der Waals surface area contributed by atoms with Gasteiger partial charge in [0.15, 0.2) is 0 Å². The first-order chi connectivity index (χ1) is 8.53. The van der Waals surface area contributed by atoms with Crippen LogP contribution in [0.4, 0.5) is 0 Å². The van der Waals surface area contributed by atoms with Gasteiger partial charge in [0.25, 0.3) is 0 Å². The molecule has 18 heavy (non-hydrogen) atoms. The van der Waals surface area contributed by atoms with E-state index in [9.17, 15) is 8.42 Å². The van der Waals surface area contributed by atoms with E-state index in [4.69, 9.17) is 10.00 Å². The van der Waals surface area contributed by atoms with E-state index in [0.717, 1.165) is 0 Å². The molecule has 1 fully saturated rings. The van der Waals surface area contributed by atoms with Crippen molar-refractivity contribution in [2.45, 2.75) is 24.3 Å². The predicted octanol–water partition coefficient (Wildman–Crippen LogP) is 0.934. The fourth-order valence-corrected chi connectivity index (χ4v) is 3.18. The third kappa shape index (κ3) is 2.70. The average Bonchev–Trinajstić information content (AvgIpc) is 2.81. The van der Waals surface area contributed by atoms with Crippen molar-refractivity contribution < 1.29 is 13.2 Å². The number of nitrogens with zero attached hydrogens (tertiary/aromatic N) is 1. The van der Waals surface area contributed by atoms with E-state index in [2.05, 4.69) is 4.72 Å². The Kier molecular flexibility index (Phi) is 3.66. The topological polar surface area (TPSA) is 79.2 Å². The number of hydrogen-bond donors (Lipinski definition) is 1. The molecule has 1 aromatic carbocycles. The molecule has 2 rings (SSSR count). The minimum Gasteiger partial charge on any atom is -0.380 e. The van der Waals surface area contributed by atoms with E-state index in [1.165, 1.54) is 18.2 Å². The highest BCUT2D eigenvalue weighted by Crippen LogP contribution is 2.16. The zero-order chi connectivity index (χ0) is 13.2. The highest BCUT2D eigenvalue weighted by molar-refractivity contribution is 7.89. The molecular weight excluding hydrogens is 252 g/mol. The molecule has 0 bridgehead atoms. The van der Waals surface area contributed by atoms with Crippen LogP contribution in [0.15, 0.2) is 23.1 Å². The molecule has 0 saturated carbocycles. The van der Waals surface area contributed by atoms with Crippen molar-refractivity contribution >= 4 is 10.0 Å². The Hall–Kier alpha value is -1.42. The maximum Gasteiger partial charge on any atom is 0.240 e. The Bertz CT molecular complexity index is 584. The molecule has 1 atom stereocenters. The Labute approximate surface area is 106 Å². The lowest BCUT2D eigenvalue weighted by Crippen LogP contribution is -2.35. The third-order valence-corrected chi connectivity index (χ3v) is 4.40. The molecule has 6 heteroatoms. The van der Waals surface area contributed by atoms with Gasteiger partial charge in [-0.25, -0.2) is 13.1 Å². The van der Waals surface area contributed by atoms with Crippen LogP contribution in [-0.4, -0.2) is 27.7 Å². The van der Waals surface area contributed by atoms with Gasteiger partial charge in [-0.05, 0) is 37.1 Å². The Morgan fingerprint density at radius 2 is 2.28 bits per heavy atom. The summed E-state index contributed by atoms with van der Waals surface area (Å²) in [5, 5.41) is 8.81. The summed E-state index contributed by atoms with van der Waals surface area (Å²) in [6.45, 7) is 2.71. The lowest BCUT2D eigenvalue weighted by molar-refractivity contribution is 0.192. The first-order valence-electron chi connectivity index (χ1n) is 5.64. The van der Waals surface area contributed by atoms with Gasteiger partial charge < -0.3 is 4.74 Å².